The van der Waals surface area contributed by atoms with Crippen molar-refractivity contribution in [2.45, 2.75) is 41.6 Å². The summed E-state index contributed by atoms with van der Waals surface area (Å²) in [5.41, 5.74) is 2.06. The van der Waals surface area contributed by atoms with Gasteiger partial charge in [0.25, 0.3) is 10.1 Å². The van der Waals surface area contributed by atoms with Crippen LogP contribution in [0.15, 0.2) is 81.4 Å². The van der Waals surface area contributed by atoms with E-state index in [4.69, 9.17) is 4.74 Å². The third-order valence-electron chi connectivity index (χ3n) is 4.41. The van der Waals surface area contributed by atoms with Crippen molar-refractivity contribution in [2.75, 3.05) is 0 Å². The van der Waals surface area contributed by atoms with Crippen molar-refractivity contribution < 1.29 is 26.1 Å². The summed E-state index contributed by atoms with van der Waals surface area (Å²) in [6, 6.07) is 17.1. The van der Waals surface area contributed by atoms with Gasteiger partial charge in [-0.2, -0.15) is 8.42 Å². The molecule has 8 heteroatoms. The summed E-state index contributed by atoms with van der Waals surface area (Å²) in [7, 11) is -8.16. The molecular formula is C22H22O6S2. The van der Waals surface area contributed by atoms with Crippen LogP contribution in [0, 0.1) is 6.92 Å². The van der Waals surface area contributed by atoms with Gasteiger partial charge in [0.05, 0.1) is 15.9 Å². The Morgan fingerprint density at radius 2 is 1.27 bits per heavy atom. The third-order valence-corrected chi connectivity index (χ3v) is 7.07. The molecule has 0 fully saturated rings. The van der Waals surface area contributed by atoms with Gasteiger partial charge in [-0.3, -0.25) is 4.55 Å². The van der Waals surface area contributed by atoms with Crippen molar-refractivity contribution >= 4 is 20.0 Å². The summed E-state index contributed by atoms with van der Waals surface area (Å²) in [5, 5.41) is 0. The first-order valence-electron chi connectivity index (χ1n) is 9.19. The van der Waals surface area contributed by atoms with E-state index in [1.807, 2.05) is 6.92 Å². The second-order valence-electron chi connectivity index (χ2n) is 7.14. The average Bonchev–Trinajstić information content (AvgIpc) is 2.67. The molecular weight excluding hydrogens is 424 g/mol. The number of aryl methyl sites for hydroxylation is 1. The standard InChI is InChI=1S/C22H22O6S2/c1-15(2)28-21-13-8-18(14-22(21)30(25,26)27)17-6-11-20(12-7-17)29(23,24)19-9-4-16(3)5-10-19/h4-15H,1-3H3,(H,25,26,27). The first-order chi connectivity index (χ1) is 14.0. The van der Waals surface area contributed by atoms with Crippen LogP contribution in [-0.2, 0) is 20.0 Å². The van der Waals surface area contributed by atoms with Gasteiger partial charge in [-0.1, -0.05) is 35.9 Å². The summed E-state index contributed by atoms with van der Waals surface area (Å²) in [4.78, 5) is -0.0142. The van der Waals surface area contributed by atoms with Crippen LogP contribution < -0.4 is 4.74 Å². The molecule has 0 aliphatic rings. The van der Waals surface area contributed by atoms with E-state index in [1.54, 1.807) is 56.3 Å². The van der Waals surface area contributed by atoms with E-state index in [0.29, 0.717) is 11.1 Å². The van der Waals surface area contributed by atoms with E-state index < -0.39 is 20.0 Å². The van der Waals surface area contributed by atoms with Gasteiger partial charge in [0.2, 0.25) is 9.84 Å². The second-order valence-corrected chi connectivity index (χ2v) is 10.5. The fourth-order valence-electron chi connectivity index (χ4n) is 2.92. The Balaban J connectivity index is 1.99. The van der Waals surface area contributed by atoms with Crippen molar-refractivity contribution in [3.8, 4) is 16.9 Å². The normalized spacial score (nSPS) is 12.2. The van der Waals surface area contributed by atoms with Crippen molar-refractivity contribution in [3.63, 3.8) is 0 Å². The molecule has 0 atom stereocenters. The predicted molar refractivity (Wildman–Crippen MR) is 114 cm³/mol. The Morgan fingerprint density at radius 3 is 1.77 bits per heavy atom. The van der Waals surface area contributed by atoms with E-state index >= 15 is 0 Å². The molecule has 0 saturated carbocycles. The van der Waals surface area contributed by atoms with Gasteiger partial charge in [-0.05, 0) is 68.3 Å². The van der Waals surface area contributed by atoms with E-state index in [2.05, 4.69) is 0 Å². The number of rotatable bonds is 6. The molecule has 30 heavy (non-hydrogen) atoms. The first-order valence-corrected chi connectivity index (χ1v) is 12.1. The van der Waals surface area contributed by atoms with E-state index in [9.17, 15) is 21.4 Å². The minimum Gasteiger partial charge on any atom is -0.490 e. The van der Waals surface area contributed by atoms with Gasteiger partial charge in [-0.15, -0.1) is 0 Å². The molecule has 1 N–H and O–H groups in total. The molecule has 0 heterocycles. The van der Waals surface area contributed by atoms with Gasteiger partial charge in [0, 0.05) is 0 Å². The Hall–Kier alpha value is -2.68. The maximum atomic E-state index is 12.8. The fraction of sp³-hybridized carbons (Fsp3) is 0.182. The highest BCUT2D eigenvalue weighted by molar-refractivity contribution is 7.91. The van der Waals surface area contributed by atoms with Crippen LogP contribution in [-0.4, -0.2) is 27.5 Å². The monoisotopic (exact) mass is 446 g/mol. The van der Waals surface area contributed by atoms with E-state index in [-0.39, 0.29) is 26.5 Å². The Bertz CT molecular complexity index is 1260. The summed E-state index contributed by atoms with van der Waals surface area (Å²) in [6.07, 6.45) is -0.275. The van der Waals surface area contributed by atoms with Crippen LogP contribution in [0.4, 0.5) is 0 Å². The number of hydrogen-bond donors (Lipinski definition) is 1. The zero-order valence-electron chi connectivity index (χ0n) is 16.7. The quantitative estimate of drug-likeness (QED) is 0.559. The second kappa shape index (κ2) is 8.22. The molecule has 3 rings (SSSR count). The van der Waals surface area contributed by atoms with Gasteiger partial charge < -0.3 is 4.74 Å². The molecule has 158 valence electrons. The first kappa shape index (κ1) is 22.0. The number of sulfone groups is 1. The largest absolute Gasteiger partial charge is 0.490 e. The molecule has 0 amide bonds. The summed E-state index contributed by atoms with van der Waals surface area (Å²) in [6.45, 7) is 5.37. The Kier molecular flexibility index (Phi) is 6.03. The van der Waals surface area contributed by atoms with Crippen LogP contribution in [0.5, 0.6) is 5.75 Å². The minimum absolute atomic E-state index is 0.0508. The maximum absolute atomic E-state index is 12.8. The van der Waals surface area contributed by atoms with Crippen LogP contribution in [0.3, 0.4) is 0 Å². The molecule has 6 nitrogen and oxygen atoms in total. The number of ether oxygens (including phenoxy) is 1. The molecule has 0 aliphatic carbocycles. The third kappa shape index (κ3) is 4.72. The van der Waals surface area contributed by atoms with Gasteiger partial charge in [-0.25, -0.2) is 8.42 Å². The smallest absolute Gasteiger partial charge is 0.298 e. The molecule has 0 aliphatic heterocycles. The number of benzene rings is 3. The lowest BCUT2D eigenvalue weighted by molar-refractivity contribution is 0.235. The van der Waals surface area contributed by atoms with Crippen molar-refractivity contribution in [1.82, 2.24) is 0 Å². The minimum atomic E-state index is -4.50. The molecule has 0 saturated heterocycles. The molecule has 3 aromatic carbocycles. The average molecular weight is 447 g/mol. The molecule has 0 spiro atoms. The number of hydrogen-bond acceptors (Lipinski definition) is 5. The molecule has 0 radical (unpaired) electrons. The Morgan fingerprint density at radius 1 is 0.767 bits per heavy atom. The molecule has 3 aromatic rings. The van der Waals surface area contributed by atoms with Crippen LogP contribution >= 0.6 is 0 Å². The summed E-state index contributed by atoms with van der Waals surface area (Å²) >= 11 is 0. The van der Waals surface area contributed by atoms with Gasteiger partial charge in [0.15, 0.2) is 0 Å². The van der Waals surface area contributed by atoms with Crippen molar-refractivity contribution in [3.05, 3.63) is 72.3 Å². The van der Waals surface area contributed by atoms with Crippen LogP contribution in [0.25, 0.3) is 11.1 Å². The van der Waals surface area contributed by atoms with Crippen molar-refractivity contribution in [2.24, 2.45) is 0 Å². The lowest BCUT2D eigenvalue weighted by Crippen LogP contribution is -2.10. The Labute approximate surface area is 176 Å². The summed E-state index contributed by atoms with van der Waals surface area (Å²) < 4.78 is 64.2. The molecule has 0 bridgehead atoms. The van der Waals surface area contributed by atoms with Gasteiger partial charge >= 0.3 is 0 Å². The topological polar surface area (TPSA) is 97.7 Å². The van der Waals surface area contributed by atoms with Crippen LogP contribution in [0.1, 0.15) is 19.4 Å². The SMILES string of the molecule is Cc1ccc(S(=O)(=O)c2ccc(-c3ccc(OC(C)C)c(S(=O)(=O)O)c3)cc2)cc1. The zero-order chi connectivity index (χ0) is 22.1. The maximum Gasteiger partial charge on any atom is 0.298 e. The van der Waals surface area contributed by atoms with Crippen molar-refractivity contribution in [1.29, 1.82) is 0 Å². The highest BCUT2D eigenvalue weighted by Gasteiger charge is 2.20. The fourth-order valence-corrected chi connectivity index (χ4v) is 4.83. The van der Waals surface area contributed by atoms with Gasteiger partial charge in [0.1, 0.15) is 10.6 Å². The highest BCUT2D eigenvalue weighted by atomic mass is 32.2. The highest BCUT2D eigenvalue weighted by Crippen LogP contribution is 2.32. The predicted octanol–water partition coefficient (Wildman–Crippen LogP) is 4.53. The molecule has 0 aromatic heterocycles. The summed E-state index contributed by atoms with van der Waals surface area (Å²) in [5.74, 6) is 0.0508. The van der Waals surface area contributed by atoms with E-state index in [0.717, 1.165) is 5.56 Å². The lowest BCUT2D eigenvalue weighted by Gasteiger charge is -2.14. The lowest BCUT2D eigenvalue weighted by atomic mass is 10.1. The van der Waals surface area contributed by atoms with E-state index in [1.165, 1.54) is 24.3 Å². The van der Waals surface area contributed by atoms with Crippen LogP contribution in [0.2, 0.25) is 0 Å². The zero-order valence-corrected chi connectivity index (χ0v) is 18.4. The molecule has 0 unspecified atom stereocenters.